The van der Waals surface area contributed by atoms with Crippen LogP contribution < -0.4 is 0 Å². The smallest absolute Gasteiger partial charge is 0.358 e. The molecule has 0 unspecified atom stereocenters. The minimum atomic E-state index is -0.675. The Kier molecular flexibility index (Phi) is 6.71. The second-order valence-corrected chi connectivity index (χ2v) is 4.55. The normalized spacial score (nSPS) is 11.2. The van der Waals surface area contributed by atoms with Crippen LogP contribution in [0.2, 0.25) is 0 Å². The van der Waals surface area contributed by atoms with E-state index in [0.29, 0.717) is 0 Å². The Morgan fingerprint density at radius 3 is 1.79 bits per heavy atom. The van der Waals surface area contributed by atoms with Gasteiger partial charge in [0, 0.05) is 12.2 Å². The third-order valence-corrected chi connectivity index (χ3v) is 2.78. The Bertz CT molecular complexity index is 684. The van der Waals surface area contributed by atoms with E-state index in [1.54, 1.807) is 12.2 Å². The Labute approximate surface area is 139 Å². The highest BCUT2D eigenvalue weighted by Gasteiger charge is 1.97. The molecule has 5 heteroatoms. The summed E-state index contributed by atoms with van der Waals surface area (Å²) in [4.78, 5) is 27.3. The second kappa shape index (κ2) is 9.53. The highest BCUT2D eigenvalue weighted by molar-refractivity contribution is 5.91. The molecule has 2 aromatic rings. The maximum atomic E-state index is 11.4. The van der Waals surface area contributed by atoms with Gasteiger partial charge in [0.05, 0.1) is 0 Å². The monoisotopic (exact) mass is 321 g/mol. The summed E-state index contributed by atoms with van der Waals surface area (Å²) in [5, 5.41) is 3.28. The average Bonchev–Trinajstić information content (AvgIpc) is 2.63. The number of ether oxygens (including phenoxy) is 1. The van der Waals surface area contributed by atoms with E-state index in [1.807, 2.05) is 60.7 Å². The van der Waals surface area contributed by atoms with E-state index < -0.39 is 11.9 Å². The molecule has 0 aliphatic heterocycles. The maximum Gasteiger partial charge on any atom is 0.358 e. The van der Waals surface area contributed by atoms with Gasteiger partial charge in [-0.05, 0) is 28.4 Å². The molecule has 0 saturated carbocycles. The Morgan fingerprint density at radius 2 is 1.25 bits per heavy atom. The number of esters is 1. The standard InChI is InChI=1S/C19H15NO4/c21-18(13-11-16-7-3-1-4-8-16)23-15-20-24-19(22)14-12-17-9-5-2-6-10-17/h1-15H. The molecule has 120 valence electrons. The molecule has 2 aromatic carbocycles. The van der Waals surface area contributed by atoms with Crippen LogP contribution in [0.1, 0.15) is 11.1 Å². The van der Waals surface area contributed by atoms with Crippen LogP contribution in [0.3, 0.4) is 0 Å². The molecule has 0 N–H and O–H groups in total. The molecule has 0 atom stereocenters. The maximum absolute atomic E-state index is 11.4. The van der Waals surface area contributed by atoms with Crippen LogP contribution >= 0.6 is 0 Å². The highest BCUT2D eigenvalue weighted by Crippen LogP contribution is 2.02. The first-order valence-electron chi connectivity index (χ1n) is 7.14. The van der Waals surface area contributed by atoms with Gasteiger partial charge in [0.1, 0.15) is 0 Å². The molecule has 5 nitrogen and oxygen atoms in total. The average molecular weight is 321 g/mol. The fourth-order valence-electron chi connectivity index (χ4n) is 1.67. The predicted molar refractivity (Wildman–Crippen MR) is 91.6 cm³/mol. The first-order valence-corrected chi connectivity index (χ1v) is 7.14. The number of hydrogen-bond acceptors (Lipinski definition) is 5. The molecule has 0 radical (unpaired) electrons. The first-order chi connectivity index (χ1) is 11.7. The Morgan fingerprint density at radius 1 is 0.750 bits per heavy atom. The summed E-state index contributed by atoms with van der Waals surface area (Å²) in [5.41, 5.74) is 1.72. The Balaban J connectivity index is 1.72. The van der Waals surface area contributed by atoms with Crippen molar-refractivity contribution in [1.29, 1.82) is 0 Å². The number of carbonyl (C=O) groups is 2. The predicted octanol–water partition coefficient (Wildman–Crippen LogP) is 3.44. The summed E-state index contributed by atoms with van der Waals surface area (Å²) < 4.78 is 4.66. The van der Waals surface area contributed by atoms with E-state index in [1.165, 1.54) is 12.2 Å². The SMILES string of the molecule is O=C(C=Cc1ccccc1)OC=NOC(=O)C=Cc1ccccc1. The van der Waals surface area contributed by atoms with Crippen molar-refractivity contribution in [3.63, 3.8) is 0 Å². The second-order valence-electron chi connectivity index (χ2n) is 4.55. The lowest BCUT2D eigenvalue weighted by molar-refractivity contribution is -0.138. The molecule has 24 heavy (non-hydrogen) atoms. The van der Waals surface area contributed by atoms with Gasteiger partial charge < -0.3 is 9.57 Å². The molecule has 0 heterocycles. The van der Waals surface area contributed by atoms with Crippen molar-refractivity contribution in [3.8, 4) is 0 Å². The third-order valence-electron chi connectivity index (χ3n) is 2.78. The molecule has 2 rings (SSSR count). The van der Waals surface area contributed by atoms with Crippen molar-refractivity contribution in [2.75, 3.05) is 0 Å². The lowest BCUT2D eigenvalue weighted by atomic mass is 10.2. The van der Waals surface area contributed by atoms with E-state index in [4.69, 9.17) is 0 Å². The molecule has 0 spiro atoms. The summed E-state index contributed by atoms with van der Waals surface area (Å²) in [6.45, 7) is 0. The van der Waals surface area contributed by atoms with Crippen LogP contribution in [-0.4, -0.2) is 18.3 Å². The van der Waals surface area contributed by atoms with Crippen LogP contribution in [0.25, 0.3) is 12.2 Å². The largest absolute Gasteiger partial charge is 0.408 e. The number of oxime groups is 1. The first kappa shape index (κ1) is 16.9. The zero-order chi connectivity index (χ0) is 17.0. The summed E-state index contributed by atoms with van der Waals surface area (Å²) in [6.07, 6.45) is 6.44. The van der Waals surface area contributed by atoms with E-state index >= 15 is 0 Å². The van der Waals surface area contributed by atoms with Crippen molar-refractivity contribution in [2.45, 2.75) is 0 Å². The Hall–Kier alpha value is -3.47. The van der Waals surface area contributed by atoms with Crippen LogP contribution in [0.15, 0.2) is 78.0 Å². The number of carbonyl (C=O) groups excluding carboxylic acids is 2. The molecule has 0 aliphatic rings. The summed E-state index contributed by atoms with van der Waals surface area (Å²) in [5.74, 6) is -1.30. The zero-order valence-corrected chi connectivity index (χ0v) is 12.7. The van der Waals surface area contributed by atoms with Gasteiger partial charge in [0.15, 0.2) is 0 Å². The molecule has 0 saturated heterocycles. The minimum Gasteiger partial charge on any atom is -0.408 e. The number of benzene rings is 2. The minimum absolute atomic E-state index is 0.626. The van der Waals surface area contributed by atoms with Gasteiger partial charge in [-0.15, -0.1) is 0 Å². The number of rotatable bonds is 6. The van der Waals surface area contributed by atoms with Crippen molar-refractivity contribution >= 4 is 30.5 Å². The molecular weight excluding hydrogens is 306 g/mol. The molecule has 0 aromatic heterocycles. The highest BCUT2D eigenvalue weighted by atomic mass is 16.7. The summed E-state index contributed by atoms with van der Waals surface area (Å²) in [6, 6.07) is 18.5. The quantitative estimate of drug-likeness (QED) is 0.204. The van der Waals surface area contributed by atoms with Gasteiger partial charge in [-0.2, -0.15) is 0 Å². The van der Waals surface area contributed by atoms with Gasteiger partial charge in [0.2, 0.25) is 6.40 Å². The van der Waals surface area contributed by atoms with Gasteiger partial charge in [0.25, 0.3) is 0 Å². The molecule has 0 aliphatic carbocycles. The van der Waals surface area contributed by atoms with Crippen molar-refractivity contribution < 1.29 is 19.2 Å². The summed E-state index contributed by atoms with van der Waals surface area (Å²) >= 11 is 0. The zero-order valence-electron chi connectivity index (χ0n) is 12.7. The van der Waals surface area contributed by atoms with E-state index in [0.717, 1.165) is 17.5 Å². The molecule has 0 bridgehead atoms. The molecule has 0 fully saturated rings. The van der Waals surface area contributed by atoms with E-state index in [-0.39, 0.29) is 0 Å². The van der Waals surface area contributed by atoms with Crippen LogP contribution in [-0.2, 0) is 19.2 Å². The van der Waals surface area contributed by atoms with Gasteiger partial charge in [-0.3, -0.25) is 0 Å². The van der Waals surface area contributed by atoms with E-state index in [2.05, 4.69) is 14.7 Å². The number of hydrogen-bond donors (Lipinski definition) is 0. The van der Waals surface area contributed by atoms with Crippen LogP contribution in [0.4, 0.5) is 0 Å². The lowest BCUT2D eigenvalue weighted by Crippen LogP contribution is -2.00. The van der Waals surface area contributed by atoms with Gasteiger partial charge >= 0.3 is 11.9 Å². The lowest BCUT2D eigenvalue weighted by Gasteiger charge is -1.94. The van der Waals surface area contributed by atoms with Crippen molar-refractivity contribution in [1.82, 2.24) is 0 Å². The van der Waals surface area contributed by atoms with Gasteiger partial charge in [-0.1, -0.05) is 60.7 Å². The fraction of sp³-hybridized carbons (Fsp3) is 0. The van der Waals surface area contributed by atoms with Crippen LogP contribution in [0.5, 0.6) is 0 Å². The van der Waals surface area contributed by atoms with Crippen molar-refractivity contribution in [2.24, 2.45) is 5.16 Å². The summed E-state index contributed by atoms with van der Waals surface area (Å²) in [7, 11) is 0. The number of nitrogens with zero attached hydrogens (tertiary/aromatic N) is 1. The van der Waals surface area contributed by atoms with Gasteiger partial charge in [-0.25, -0.2) is 9.59 Å². The fourth-order valence-corrected chi connectivity index (χ4v) is 1.67. The molecular formula is C19H15NO4. The third kappa shape index (κ3) is 6.53. The molecule has 0 amide bonds. The van der Waals surface area contributed by atoms with Crippen LogP contribution in [0, 0.1) is 0 Å². The topological polar surface area (TPSA) is 65.0 Å². The van der Waals surface area contributed by atoms with Crippen molar-refractivity contribution in [3.05, 3.63) is 83.9 Å². The van der Waals surface area contributed by atoms with E-state index in [9.17, 15) is 9.59 Å².